The number of ketones is 1. The maximum atomic E-state index is 12.7. The monoisotopic (exact) mass is 290 g/mol. The number of benzene rings is 1. The van der Waals surface area contributed by atoms with E-state index in [0.29, 0.717) is 11.3 Å². The van der Waals surface area contributed by atoms with Gasteiger partial charge in [-0.15, -0.1) is 0 Å². The van der Waals surface area contributed by atoms with E-state index in [1.807, 2.05) is 6.07 Å². The zero-order valence-corrected chi connectivity index (χ0v) is 11.5. The third-order valence-corrected chi connectivity index (χ3v) is 6.08. The van der Waals surface area contributed by atoms with Crippen LogP contribution in [-0.4, -0.2) is 14.2 Å². The molecule has 2 heterocycles. The van der Waals surface area contributed by atoms with E-state index in [1.165, 1.54) is 6.26 Å². The molecule has 2 aromatic rings. The molecule has 5 heteroatoms. The lowest BCUT2D eigenvalue weighted by Gasteiger charge is -2.27. The van der Waals surface area contributed by atoms with Crippen molar-refractivity contribution in [3.63, 3.8) is 0 Å². The molecule has 0 saturated carbocycles. The average molecular weight is 290 g/mol. The van der Waals surface area contributed by atoms with Crippen LogP contribution >= 0.6 is 0 Å². The molecule has 3 rings (SSSR count). The van der Waals surface area contributed by atoms with Crippen molar-refractivity contribution in [1.29, 1.82) is 0 Å². The Morgan fingerprint density at radius 3 is 2.30 bits per heavy atom. The molecule has 0 radical (unpaired) electrons. The number of sulfone groups is 1. The fourth-order valence-corrected chi connectivity index (χ4v) is 4.87. The summed E-state index contributed by atoms with van der Waals surface area (Å²) in [5.74, 6) is 0.300. The predicted molar refractivity (Wildman–Crippen MR) is 73.8 cm³/mol. The minimum absolute atomic E-state index is 0.000813. The summed E-state index contributed by atoms with van der Waals surface area (Å²) in [4.78, 5) is 11.9. The first kappa shape index (κ1) is 13.1. The van der Waals surface area contributed by atoms with E-state index in [1.54, 1.807) is 36.4 Å². The van der Waals surface area contributed by atoms with Gasteiger partial charge < -0.3 is 4.42 Å². The summed E-state index contributed by atoms with van der Waals surface area (Å²) in [6.07, 6.45) is 1.48. The van der Waals surface area contributed by atoms with Gasteiger partial charge in [0.05, 0.1) is 11.5 Å². The molecule has 104 valence electrons. The van der Waals surface area contributed by atoms with Crippen molar-refractivity contribution in [2.45, 2.75) is 23.3 Å². The molecule has 0 aliphatic carbocycles. The van der Waals surface area contributed by atoms with Gasteiger partial charge in [-0.3, -0.25) is 4.79 Å². The Morgan fingerprint density at radius 2 is 1.65 bits per heavy atom. The average Bonchev–Trinajstić information content (AvgIpc) is 2.95. The van der Waals surface area contributed by atoms with Crippen LogP contribution in [0, 0.1) is 0 Å². The van der Waals surface area contributed by atoms with Gasteiger partial charge in [0.15, 0.2) is 9.84 Å². The lowest BCUT2D eigenvalue weighted by atomic mass is 10.0. The van der Waals surface area contributed by atoms with Gasteiger partial charge in [0.25, 0.3) is 0 Å². The second-order valence-electron chi connectivity index (χ2n) is 4.94. The number of hydrogen-bond acceptors (Lipinski definition) is 4. The number of Topliss-reactive ketones (excluding diaryl/α,β-unsaturated/α-hetero) is 1. The Labute approximate surface area is 117 Å². The molecule has 0 bridgehead atoms. The first-order chi connectivity index (χ1) is 9.59. The quantitative estimate of drug-likeness (QED) is 0.853. The number of carbonyl (C=O) groups excluding carboxylic acids is 1. The lowest BCUT2D eigenvalue weighted by molar-refractivity contribution is -0.119. The summed E-state index contributed by atoms with van der Waals surface area (Å²) >= 11 is 0. The fourth-order valence-electron chi connectivity index (χ4n) is 2.64. The van der Waals surface area contributed by atoms with Gasteiger partial charge in [0, 0.05) is 12.8 Å². The van der Waals surface area contributed by atoms with Gasteiger partial charge in [0.1, 0.15) is 16.8 Å². The topological polar surface area (TPSA) is 64.3 Å². The maximum Gasteiger partial charge on any atom is 0.168 e. The molecule has 1 aromatic heterocycles. The first-order valence-corrected chi connectivity index (χ1v) is 8.03. The molecule has 0 spiro atoms. The second kappa shape index (κ2) is 4.90. The van der Waals surface area contributed by atoms with Crippen molar-refractivity contribution in [2.75, 3.05) is 0 Å². The summed E-state index contributed by atoms with van der Waals surface area (Å²) in [7, 11) is -3.49. The van der Waals surface area contributed by atoms with Crippen LogP contribution in [0.15, 0.2) is 53.1 Å². The second-order valence-corrected chi connectivity index (χ2v) is 7.26. The number of furan rings is 1. The Balaban J connectivity index is 2.06. The van der Waals surface area contributed by atoms with Crippen LogP contribution in [0.25, 0.3) is 0 Å². The molecule has 20 heavy (non-hydrogen) atoms. The van der Waals surface area contributed by atoms with Crippen LogP contribution in [0.2, 0.25) is 0 Å². The van der Waals surface area contributed by atoms with Crippen molar-refractivity contribution in [3.8, 4) is 0 Å². The van der Waals surface area contributed by atoms with Crippen LogP contribution in [0.3, 0.4) is 0 Å². The number of rotatable bonds is 2. The van der Waals surface area contributed by atoms with Gasteiger partial charge in [-0.25, -0.2) is 8.42 Å². The van der Waals surface area contributed by atoms with Crippen LogP contribution in [-0.2, 0) is 14.6 Å². The van der Waals surface area contributed by atoms with Gasteiger partial charge in [-0.1, -0.05) is 30.3 Å². The van der Waals surface area contributed by atoms with Crippen LogP contribution in [0.5, 0.6) is 0 Å². The molecule has 1 aliphatic rings. The van der Waals surface area contributed by atoms with Gasteiger partial charge >= 0.3 is 0 Å². The lowest BCUT2D eigenvalue weighted by Crippen LogP contribution is -2.30. The van der Waals surface area contributed by atoms with Gasteiger partial charge in [0.2, 0.25) is 0 Å². The molecule has 2 unspecified atom stereocenters. The van der Waals surface area contributed by atoms with Crippen LogP contribution in [0.4, 0.5) is 0 Å². The third-order valence-electron chi connectivity index (χ3n) is 3.65. The van der Waals surface area contributed by atoms with E-state index in [9.17, 15) is 13.2 Å². The Morgan fingerprint density at radius 1 is 0.950 bits per heavy atom. The molecular weight excluding hydrogens is 276 g/mol. The van der Waals surface area contributed by atoms with E-state index in [0.717, 1.165) is 0 Å². The standard InChI is InChI=1S/C15H14O4S/c16-12-9-14(11-5-2-1-3-6-11)20(17,18)15(10-12)13-7-4-8-19-13/h1-8,14-15H,9-10H2. The van der Waals surface area contributed by atoms with E-state index in [2.05, 4.69) is 0 Å². The summed E-state index contributed by atoms with van der Waals surface area (Å²) < 4.78 is 30.7. The molecule has 1 saturated heterocycles. The molecule has 2 atom stereocenters. The highest BCUT2D eigenvalue weighted by Crippen LogP contribution is 2.43. The van der Waals surface area contributed by atoms with Crippen molar-refractivity contribution >= 4 is 15.6 Å². The van der Waals surface area contributed by atoms with Gasteiger partial charge in [-0.05, 0) is 17.7 Å². The molecule has 4 nitrogen and oxygen atoms in total. The largest absolute Gasteiger partial charge is 0.468 e. The van der Waals surface area contributed by atoms with E-state index >= 15 is 0 Å². The summed E-state index contributed by atoms with van der Waals surface area (Å²) in [5, 5.41) is -1.65. The van der Waals surface area contributed by atoms with E-state index in [-0.39, 0.29) is 18.6 Å². The Bertz CT molecular complexity index is 702. The normalized spacial score (nSPS) is 25.5. The summed E-state index contributed by atoms with van der Waals surface area (Å²) in [6.45, 7) is 0. The zero-order valence-electron chi connectivity index (χ0n) is 10.7. The molecule has 1 fully saturated rings. The number of hydrogen-bond donors (Lipinski definition) is 0. The Kier molecular flexibility index (Phi) is 3.22. The van der Waals surface area contributed by atoms with Crippen molar-refractivity contribution < 1.29 is 17.6 Å². The van der Waals surface area contributed by atoms with Gasteiger partial charge in [-0.2, -0.15) is 0 Å². The van der Waals surface area contributed by atoms with Crippen LogP contribution < -0.4 is 0 Å². The SMILES string of the molecule is O=C1CC(c2ccccc2)S(=O)(=O)C(c2ccco2)C1. The fraction of sp³-hybridized carbons (Fsp3) is 0.267. The molecular formula is C15H14O4S. The minimum atomic E-state index is -3.49. The van der Waals surface area contributed by atoms with E-state index < -0.39 is 20.3 Å². The zero-order chi connectivity index (χ0) is 14.2. The maximum absolute atomic E-state index is 12.7. The van der Waals surface area contributed by atoms with E-state index in [4.69, 9.17) is 4.42 Å². The highest BCUT2D eigenvalue weighted by molar-refractivity contribution is 7.92. The summed E-state index contributed by atoms with van der Waals surface area (Å²) in [5.41, 5.74) is 0.664. The number of carbonyl (C=O) groups is 1. The van der Waals surface area contributed by atoms with Crippen molar-refractivity contribution in [1.82, 2.24) is 0 Å². The smallest absolute Gasteiger partial charge is 0.168 e. The Hall–Kier alpha value is -1.88. The third kappa shape index (κ3) is 2.18. The van der Waals surface area contributed by atoms with Crippen LogP contribution in [0.1, 0.15) is 34.7 Å². The molecule has 1 aromatic carbocycles. The summed E-state index contributed by atoms with van der Waals surface area (Å²) in [6, 6.07) is 12.1. The molecule has 0 amide bonds. The van der Waals surface area contributed by atoms with Crippen molar-refractivity contribution in [3.05, 3.63) is 60.1 Å². The minimum Gasteiger partial charge on any atom is -0.468 e. The predicted octanol–water partition coefficient (Wildman–Crippen LogP) is 2.84. The molecule has 1 aliphatic heterocycles. The molecule has 0 N–H and O–H groups in total. The first-order valence-electron chi connectivity index (χ1n) is 6.42. The highest BCUT2D eigenvalue weighted by Gasteiger charge is 2.44. The van der Waals surface area contributed by atoms with Crippen molar-refractivity contribution in [2.24, 2.45) is 0 Å². The highest BCUT2D eigenvalue weighted by atomic mass is 32.2.